The fourth-order valence-corrected chi connectivity index (χ4v) is 3.48. The Morgan fingerprint density at radius 1 is 1.00 bits per heavy atom. The molecule has 0 radical (unpaired) electrons. The van der Waals surface area contributed by atoms with Gasteiger partial charge in [0.2, 0.25) is 5.91 Å². The van der Waals surface area contributed by atoms with Gasteiger partial charge in [-0.2, -0.15) is 0 Å². The van der Waals surface area contributed by atoms with Gasteiger partial charge >= 0.3 is 0 Å². The van der Waals surface area contributed by atoms with Gasteiger partial charge in [0.05, 0.1) is 0 Å². The Hall–Kier alpha value is -2.95. The van der Waals surface area contributed by atoms with Crippen LogP contribution in [0.1, 0.15) is 55.1 Å². The van der Waals surface area contributed by atoms with Crippen molar-refractivity contribution < 1.29 is 14.0 Å². The van der Waals surface area contributed by atoms with Crippen LogP contribution < -0.4 is 5.32 Å². The van der Waals surface area contributed by atoms with E-state index >= 15 is 0 Å². The van der Waals surface area contributed by atoms with Gasteiger partial charge in [-0.1, -0.05) is 45.0 Å². The molecule has 5 heteroatoms. The molecule has 2 aromatic carbocycles. The van der Waals surface area contributed by atoms with E-state index in [0.29, 0.717) is 31.5 Å². The third-order valence-electron chi connectivity index (χ3n) is 5.44. The molecule has 0 atom stereocenters. The SMILES string of the molecule is CC(C)(C)c1ccc(/C=C/C(=O)N2CCC(NC(=O)c3ccc(F)cc3)CC2)cc1. The Morgan fingerprint density at radius 3 is 2.17 bits per heavy atom. The number of nitrogens with zero attached hydrogens (tertiary/aromatic N) is 1. The highest BCUT2D eigenvalue weighted by Crippen LogP contribution is 2.22. The number of benzene rings is 2. The summed E-state index contributed by atoms with van der Waals surface area (Å²) in [5.41, 5.74) is 2.80. The molecule has 2 amide bonds. The summed E-state index contributed by atoms with van der Waals surface area (Å²) in [5, 5.41) is 2.97. The zero-order chi connectivity index (χ0) is 21.7. The van der Waals surface area contributed by atoms with Crippen LogP contribution in [0, 0.1) is 5.82 Å². The van der Waals surface area contributed by atoms with E-state index in [1.165, 1.54) is 29.8 Å². The summed E-state index contributed by atoms with van der Waals surface area (Å²) in [6.07, 6.45) is 4.86. The summed E-state index contributed by atoms with van der Waals surface area (Å²) < 4.78 is 13.0. The molecule has 0 aliphatic carbocycles. The maximum absolute atomic E-state index is 13.0. The van der Waals surface area contributed by atoms with E-state index in [-0.39, 0.29) is 29.1 Å². The zero-order valence-electron chi connectivity index (χ0n) is 17.8. The fourth-order valence-electron chi connectivity index (χ4n) is 3.48. The Balaban J connectivity index is 1.48. The largest absolute Gasteiger partial charge is 0.349 e. The maximum atomic E-state index is 13.0. The summed E-state index contributed by atoms with van der Waals surface area (Å²) in [6.45, 7) is 7.72. The van der Waals surface area contributed by atoms with E-state index in [4.69, 9.17) is 0 Å². The molecule has 1 aliphatic heterocycles. The molecule has 0 unspecified atom stereocenters. The maximum Gasteiger partial charge on any atom is 0.251 e. The normalized spacial score (nSPS) is 15.4. The smallest absolute Gasteiger partial charge is 0.251 e. The van der Waals surface area contributed by atoms with Gasteiger partial charge in [0.1, 0.15) is 5.82 Å². The van der Waals surface area contributed by atoms with Crippen molar-refractivity contribution in [2.45, 2.75) is 45.1 Å². The Labute approximate surface area is 177 Å². The van der Waals surface area contributed by atoms with Crippen LogP contribution in [0.15, 0.2) is 54.6 Å². The average molecular weight is 409 g/mol. The lowest BCUT2D eigenvalue weighted by Gasteiger charge is -2.31. The number of likely N-dealkylation sites (tertiary alicyclic amines) is 1. The van der Waals surface area contributed by atoms with Crippen molar-refractivity contribution in [3.63, 3.8) is 0 Å². The fraction of sp³-hybridized carbons (Fsp3) is 0.360. The van der Waals surface area contributed by atoms with Gasteiger partial charge in [0.15, 0.2) is 0 Å². The Bertz CT molecular complexity index is 904. The molecule has 0 aromatic heterocycles. The molecule has 158 valence electrons. The van der Waals surface area contributed by atoms with Crippen molar-refractivity contribution in [3.8, 4) is 0 Å². The van der Waals surface area contributed by atoms with Gasteiger partial charge in [0, 0.05) is 30.8 Å². The van der Waals surface area contributed by atoms with Crippen LogP contribution in [0.3, 0.4) is 0 Å². The molecule has 1 fully saturated rings. The van der Waals surface area contributed by atoms with Crippen LogP contribution in [0.4, 0.5) is 4.39 Å². The predicted molar refractivity (Wildman–Crippen MR) is 118 cm³/mol. The molecule has 0 bridgehead atoms. The number of halogens is 1. The first-order valence-electron chi connectivity index (χ1n) is 10.4. The lowest BCUT2D eigenvalue weighted by atomic mass is 9.87. The first-order chi connectivity index (χ1) is 14.2. The van der Waals surface area contributed by atoms with E-state index in [1.54, 1.807) is 11.0 Å². The van der Waals surface area contributed by atoms with Crippen molar-refractivity contribution in [3.05, 3.63) is 77.1 Å². The molecule has 30 heavy (non-hydrogen) atoms. The van der Waals surface area contributed by atoms with Crippen molar-refractivity contribution in [1.82, 2.24) is 10.2 Å². The summed E-state index contributed by atoms with van der Waals surface area (Å²) in [6, 6.07) is 13.8. The molecular formula is C25H29FN2O2. The van der Waals surface area contributed by atoms with Gasteiger partial charge in [-0.3, -0.25) is 9.59 Å². The first kappa shape index (κ1) is 21.8. The second-order valence-electron chi connectivity index (χ2n) is 8.79. The Kier molecular flexibility index (Phi) is 6.70. The van der Waals surface area contributed by atoms with Gasteiger partial charge in [-0.15, -0.1) is 0 Å². The second kappa shape index (κ2) is 9.24. The minimum Gasteiger partial charge on any atom is -0.349 e. The molecule has 1 aliphatic rings. The highest BCUT2D eigenvalue weighted by atomic mass is 19.1. The van der Waals surface area contributed by atoms with Gasteiger partial charge in [-0.05, 0) is 59.7 Å². The number of piperidine rings is 1. The topological polar surface area (TPSA) is 49.4 Å². The summed E-state index contributed by atoms with van der Waals surface area (Å²) in [7, 11) is 0. The monoisotopic (exact) mass is 408 g/mol. The average Bonchev–Trinajstić information content (AvgIpc) is 2.72. The van der Waals surface area contributed by atoms with Crippen LogP contribution in [0.2, 0.25) is 0 Å². The van der Waals surface area contributed by atoms with Crippen LogP contribution in [0.25, 0.3) is 6.08 Å². The number of nitrogens with one attached hydrogen (secondary N) is 1. The van der Waals surface area contributed by atoms with Crippen molar-refractivity contribution in [1.29, 1.82) is 0 Å². The molecule has 1 N–H and O–H groups in total. The number of amides is 2. The number of rotatable bonds is 4. The molecule has 4 nitrogen and oxygen atoms in total. The lowest BCUT2D eigenvalue weighted by Crippen LogP contribution is -2.46. The van der Waals surface area contributed by atoms with Crippen molar-refractivity contribution in [2.75, 3.05) is 13.1 Å². The molecule has 0 spiro atoms. The number of carbonyl (C=O) groups excluding carboxylic acids is 2. The van der Waals surface area contributed by atoms with Crippen LogP contribution in [-0.2, 0) is 10.2 Å². The first-order valence-corrected chi connectivity index (χ1v) is 10.4. The summed E-state index contributed by atoms with van der Waals surface area (Å²) in [4.78, 5) is 26.6. The minimum atomic E-state index is -0.364. The van der Waals surface area contributed by atoms with Crippen LogP contribution in [0.5, 0.6) is 0 Å². The molecule has 1 saturated heterocycles. The zero-order valence-corrected chi connectivity index (χ0v) is 17.8. The van der Waals surface area contributed by atoms with Crippen LogP contribution >= 0.6 is 0 Å². The number of hydrogen-bond donors (Lipinski definition) is 1. The molecule has 3 rings (SSSR count). The highest BCUT2D eigenvalue weighted by molar-refractivity contribution is 5.94. The van der Waals surface area contributed by atoms with E-state index in [9.17, 15) is 14.0 Å². The summed E-state index contributed by atoms with van der Waals surface area (Å²) in [5.74, 6) is -0.590. The van der Waals surface area contributed by atoms with Crippen LogP contribution in [-0.4, -0.2) is 35.8 Å². The van der Waals surface area contributed by atoms with E-state index < -0.39 is 0 Å². The van der Waals surface area contributed by atoms with E-state index in [1.807, 2.05) is 18.2 Å². The van der Waals surface area contributed by atoms with Gasteiger partial charge in [-0.25, -0.2) is 4.39 Å². The van der Waals surface area contributed by atoms with Gasteiger partial charge in [0.25, 0.3) is 5.91 Å². The third kappa shape index (κ3) is 5.78. The van der Waals surface area contributed by atoms with E-state index in [0.717, 1.165) is 5.56 Å². The standard InChI is InChI=1S/C25H29FN2O2/c1-25(2,3)20-9-4-18(5-10-20)6-13-23(29)28-16-14-22(15-17-28)27-24(30)19-7-11-21(26)12-8-19/h4-13,22H,14-17H2,1-3H3,(H,27,30)/b13-6+. The lowest BCUT2D eigenvalue weighted by molar-refractivity contribution is -0.126. The van der Waals surface area contributed by atoms with Gasteiger partial charge < -0.3 is 10.2 Å². The second-order valence-corrected chi connectivity index (χ2v) is 8.79. The minimum absolute atomic E-state index is 0.0144. The predicted octanol–water partition coefficient (Wildman–Crippen LogP) is 4.56. The molecule has 2 aromatic rings. The summed E-state index contributed by atoms with van der Waals surface area (Å²) >= 11 is 0. The van der Waals surface area contributed by atoms with Crippen molar-refractivity contribution >= 4 is 17.9 Å². The quantitative estimate of drug-likeness (QED) is 0.754. The molecular weight excluding hydrogens is 379 g/mol. The number of hydrogen-bond acceptors (Lipinski definition) is 2. The molecule has 0 saturated carbocycles. The third-order valence-corrected chi connectivity index (χ3v) is 5.44. The highest BCUT2D eigenvalue weighted by Gasteiger charge is 2.23. The molecule has 1 heterocycles. The van der Waals surface area contributed by atoms with E-state index in [2.05, 4.69) is 38.2 Å². The van der Waals surface area contributed by atoms with Crippen molar-refractivity contribution in [2.24, 2.45) is 0 Å². The number of carbonyl (C=O) groups is 2. The Morgan fingerprint density at radius 2 is 1.60 bits per heavy atom.